The van der Waals surface area contributed by atoms with Crippen LogP contribution in [-0.2, 0) is 11.3 Å². The molecule has 0 bridgehead atoms. The summed E-state index contributed by atoms with van der Waals surface area (Å²) in [6.45, 7) is 3.31. The molecular weight excluding hydrogens is 541 g/mol. The van der Waals surface area contributed by atoms with Crippen molar-refractivity contribution in [3.8, 4) is 23.1 Å². The molecule has 2 aromatic carbocycles. The molecule has 1 aliphatic heterocycles. The summed E-state index contributed by atoms with van der Waals surface area (Å²) in [7, 11) is 1.43. The number of hydrogen-bond acceptors (Lipinski definition) is 7. The van der Waals surface area contributed by atoms with Crippen molar-refractivity contribution in [3.05, 3.63) is 65.0 Å². The maximum atomic E-state index is 15.1. The lowest BCUT2D eigenvalue weighted by atomic mass is 10.1. The van der Waals surface area contributed by atoms with Gasteiger partial charge in [0, 0.05) is 17.7 Å². The summed E-state index contributed by atoms with van der Waals surface area (Å²) < 4.78 is 56.4. The molecule has 0 spiro atoms. The van der Waals surface area contributed by atoms with Gasteiger partial charge in [-0.05, 0) is 39.0 Å². The number of nitrogens with one attached hydrogen (secondary N) is 1. The van der Waals surface area contributed by atoms with E-state index in [9.17, 15) is 14.9 Å². The molecule has 13 heteroatoms. The third kappa shape index (κ3) is 6.06. The number of rotatable bonds is 6. The van der Waals surface area contributed by atoms with Crippen LogP contribution in [0.2, 0.25) is 0 Å². The maximum absolute atomic E-state index is 15.1. The van der Waals surface area contributed by atoms with Crippen LogP contribution in [0.3, 0.4) is 0 Å². The number of nitrogens with zero attached hydrogens (tertiary/aromatic N) is 4. The molecule has 3 aromatic rings. The normalized spacial score (nSPS) is 16.2. The van der Waals surface area contributed by atoms with Gasteiger partial charge in [0.15, 0.2) is 0 Å². The lowest BCUT2D eigenvalue weighted by Crippen LogP contribution is -2.36. The average Bonchev–Trinajstić information content (AvgIpc) is 3.41. The highest BCUT2D eigenvalue weighted by atomic mass is 19.3. The Bertz CT molecular complexity index is 1530. The SMILES string of the molecule is COc1ccccc1C(=O)NCc1ccc(-c2nn(C3CN(C(=O)OC(C)(C)C)CC3(F)F)c(N)c2C#N)cc1F. The van der Waals surface area contributed by atoms with Gasteiger partial charge in [-0.25, -0.2) is 22.6 Å². The van der Waals surface area contributed by atoms with Gasteiger partial charge in [0.25, 0.3) is 11.8 Å². The second-order valence-electron chi connectivity index (χ2n) is 10.5. The van der Waals surface area contributed by atoms with Gasteiger partial charge < -0.3 is 20.5 Å². The Morgan fingerprint density at radius 1 is 1.24 bits per heavy atom. The third-order valence-corrected chi connectivity index (χ3v) is 6.41. The maximum Gasteiger partial charge on any atom is 0.410 e. The van der Waals surface area contributed by atoms with Gasteiger partial charge in [-0.15, -0.1) is 0 Å². The van der Waals surface area contributed by atoms with Gasteiger partial charge in [0.1, 0.15) is 46.4 Å². The number of carbonyl (C=O) groups is 2. The molecular formula is C28H29F3N6O4. The van der Waals surface area contributed by atoms with E-state index in [-0.39, 0.29) is 40.3 Å². The molecule has 1 aliphatic rings. The van der Waals surface area contributed by atoms with Crippen molar-refractivity contribution in [1.29, 1.82) is 5.26 Å². The number of amides is 2. The van der Waals surface area contributed by atoms with Crippen molar-refractivity contribution >= 4 is 17.8 Å². The van der Waals surface area contributed by atoms with Crippen molar-refractivity contribution in [3.63, 3.8) is 0 Å². The van der Waals surface area contributed by atoms with Gasteiger partial charge in [-0.2, -0.15) is 10.4 Å². The first-order chi connectivity index (χ1) is 19.3. The Hall–Kier alpha value is -4.73. The minimum atomic E-state index is -3.43. The van der Waals surface area contributed by atoms with Gasteiger partial charge in [0.2, 0.25) is 0 Å². The van der Waals surface area contributed by atoms with Crippen LogP contribution in [0.25, 0.3) is 11.3 Å². The molecule has 1 atom stereocenters. The summed E-state index contributed by atoms with van der Waals surface area (Å²) in [5, 5.41) is 16.5. The Morgan fingerprint density at radius 2 is 1.95 bits per heavy atom. The number of likely N-dealkylation sites (tertiary alicyclic amines) is 1. The molecule has 0 saturated carbocycles. The number of nitrogen functional groups attached to an aromatic ring is 1. The van der Waals surface area contributed by atoms with E-state index in [0.717, 1.165) is 15.6 Å². The second kappa shape index (κ2) is 11.0. The highest BCUT2D eigenvalue weighted by molar-refractivity contribution is 5.96. The van der Waals surface area contributed by atoms with Crippen LogP contribution in [0.1, 0.15) is 48.3 Å². The van der Waals surface area contributed by atoms with Crippen molar-refractivity contribution in [2.24, 2.45) is 0 Å². The van der Waals surface area contributed by atoms with Crippen molar-refractivity contribution in [2.75, 3.05) is 25.9 Å². The minimum Gasteiger partial charge on any atom is -0.496 e. The highest BCUT2D eigenvalue weighted by Crippen LogP contribution is 2.40. The number of alkyl halides is 2. The molecule has 2 heterocycles. The number of benzene rings is 2. The van der Waals surface area contributed by atoms with E-state index in [1.165, 1.54) is 19.2 Å². The Labute approximate surface area is 234 Å². The molecule has 0 aliphatic carbocycles. The predicted octanol–water partition coefficient (Wildman–Crippen LogP) is 4.51. The molecule has 4 rings (SSSR count). The summed E-state index contributed by atoms with van der Waals surface area (Å²) in [5.74, 6) is -4.60. The van der Waals surface area contributed by atoms with Crippen molar-refractivity contribution in [2.45, 2.75) is 44.9 Å². The zero-order chi connectivity index (χ0) is 30.1. The number of hydrogen-bond donors (Lipinski definition) is 2. The number of aromatic nitrogens is 2. The first kappa shape index (κ1) is 29.3. The highest BCUT2D eigenvalue weighted by Gasteiger charge is 2.53. The molecule has 41 heavy (non-hydrogen) atoms. The smallest absolute Gasteiger partial charge is 0.410 e. The van der Waals surface area contributed by atoms with E-state index in [1.807, 2.05) is 6.07 Å². The summed E-state index contributed by atoms with van der Waals surface area (Å²) in [6.07, 6.45) is -0.915. The topological polar surface area (TPSA) is 136 Å². The third-order valence-electron chi connectivity index (χ3n) is 6.41. The lowest BCUT2D eigenvalue weighted by Gasteiger charge is -2.24. The van der Waals surface area contributed by atoms with E-state index >= 15 is 13.2 Å². The number of para-hydroxylation sites is 1. The first-order valence-corrected chi connectivity index (χ1v) is 12.6. The standard InChI is InChI=1S/C28H29F3N6O4/c1-27(2,3)41-26(39)36-14-22(28(30,31)15-36)37-24(33)19(12-32)23(35-37)16-9-10-17(20(29)11-16)13-34-25(38)18-7-5-6-8-21(18)40-4/h5-11,22H,13-15,33H2,1-4H3,(H,34,38). The Balaban J connectivity index is 1.57. The molecule has 216 valence electrons. The minimum absolute atomic E-state index is 0.0972. The van der Waals surface area contributed by atoms with Gasteiger partial charge in [0.05, 0.1) is 25.8 Å². The van der Waals surface area contributed by atoms with Crippen LogP contribution in [0, 0.1) is 17.1 Å². The quantitative estimate of drug-likeness (QED) is 0.445. The van der Waals surface area contributed by atoms with Crippen LogP contribution in [0.4, 0.5) is 23.8 Å². The monoisotopic (exact) mass is 570 g/mol. The fourth-order valence-electron chi connectivity index (χ4n) is 4.43. The summed E-state index contributed by atoms with van der Waals surface area (Å²) in [5.41, 5.74) is 5.40. The van der Waals surface area contributed by atoms with Gasteiger partial charge in [-0.1, -0.05) is 24.3 Å². The van der Waals surface area contributed by atoms with E-state index in [2.05, 4.69) is 10.4 Å². The van der Waals surface area contributed by atoms with Crippen LogP contribution < -0.4 is 15.8 Å². The lowest BCUT2D eigenvalue weighted by molar-refractivity contribution is -0.0275. The van der Waals surface area contributed by atoms with E-state index in [1.54, 1.807) is 45.0 Å². The van der Waals surface area contributed by atoms with Crippen LogP contribution >= 0.6 is 0 Å². The summed E-state index contributed by atoms with van der Waals surface area (Å²) in [4.78, 5) is 25.8. The molecule has 0 radical (unpaired) electrons. The molecule has 10 nitrogen and oxygen atoms in total. The number of nitrogens with two attached hydrogens (primary N) is 1. The summed E-state index contributed by atoms with van der Waals surface area (Å²) >= 11 is 0. The zero-order valence-electron chi connectivity index (χ0n) is 22.9. The van der Waals surface area contributed by atoms with Gasteiger partial charge >= 0.3 is 6.09 Å². The van der Waals surface area contributed by atoms with E-state index < -0.39 is 48.5 Å². The number of anilines is 1. The fraction of sp³-hybridized carbons (Fsp3) is 0.357. The molecule has 1 aromatic heterocycles. The molecule has 1 fully saturated rings. The van der Waals surface area contributed by atoms with Crippen molar-refractivity contribution in [1.82, 2.24) is 20.0 Å². The Kier molecular flexibility index (Phi) is 7.87. The number of ether oxygens (including phenoxy) is 2. The van der Waals surface area contributed by atoms with Crippen LogP contribution in [-0.4, -0.2) is 58.4 Å². The summed E-state index contributed by atoms with van der Waals surface area (Å²) in [6, 6.07) is 10.7. The average molecular weight is 571 g/mol. The number of halogens is 3. The zero-order valence-corrected chi connectivity index (χ0v) is 22.9. The predicted molar refractivity (Wildman–Crippen MR) is 143 cm³/mol. The number of methoxy groups -OCH3 is 1. The van der Waals surface area contributed by atoms with E-state index in [0.29, 0.717) is 5.75 Å². The number of nitriles is 1. The van der Waals surface area contributed by atoms with Crippen LogP contribution in [0.5, 0.6) is 5.75 Å². The largest absolute Gasteiger partial charge is 0.496 e. The fourth-order valence-corrected chi connectivity index (χ4v) is 4.43. The molecule has 1 saturated heterocycles. The molecule has 1 unspecified atom stereocenters. The number of carbonyl (C=O) groups excluding carboxylic acids is 2. The Morgan fingerprint density at radius 3 is 2.59 bits per heavy atom. The second-order valence-corrected chi connectivity index (χ2v) is 10.5. The molecule has 2 amide bonds. The van der Waals surface area contributed by atoms with Crippen molar-refractivity contribution < 1.29 is 32.2 Å². The first-order valence-electron chi connectivity index (χ1n) is 12.6. The van der Waals surface area contributed by atoms with Crippen LogP contribution in [0.15, 0.2) is 42.5 Å². The van der Waals surface area contributed by atoms with Gasteiger partial charge in [-0.3, -0.25) is 9.69 Å². The molecule has 3 N–H and O–H groups in total. The van der Waals surface area contributed by atoms with E-state index in [4.69, 9.17) is 15.2 Å².